The van der Waals surface area contributed by atoms with Crippen molar-refractivity contribution in [1.29, 1.82) is 0 Å². The Hall–Kier alpha value is -1.62. The fourth-order valence-corrected chi connectivity index (χ4v) is 3.29. The van der Waals surface area contributed by atoms with Gasteiger partial charge in [0.25, 0.3) is 0 Å². The SMILES string of the molecule is CCCc1c(NCC)ncnc1NCc1sccc1CC. The van der Waals surface area contributed by atoms with Crippen molar-refractivity contribution in [3.05, 3.63) is 33.8 Å². The van der Waals surface area contributed by atoms with Crippen LogP contribution in [-0.4, -0.2) is 16.5 Å². The second-order valence-corrected chi connectivity index (χ2v) is 5.91. The van der Waals surface area contributed by atoms with Crippen LogP contribution in [0.2, 0.25) is 0 Å². The number of hydrogen-bond donors (Lipinski definition) is 2. The molecule has 0 fully saturated rings. The van der Waals surface area contributed by atoms with E-state index in [1.807, 2.05) is 0 Å². The van der Waals surface area contributed by atoms with Crippen LogP contribution in [0.1, 0.15) is 43.2 Å². The van der Waals surface area contributed by atoms with Crippen LogP contribution in [0, 0.1) is 0 Å². The molecule has 2 N–H and O–H groups in total. The maximum atomic E-state index is 4.44. The summed E-state index contributed by atoms with van der Waals surface area (Å²) in [6, 6.07) is 2.21. The van der Waals surface area contributed by atoms with Gasteiger partial charge in [0.2, 0.25) is 0 Å². The van der Waals surface area contributed by atoms with Gasteiger partial charge < -0.3 is 10.6 Å². The maximum absolute atomic E-state index is 4.44. The fourth-order valence-electron chi connectivity index (χ4n) is 2.37. The molecule has 0 saturated heterocycles. The van der Waals surface area contributed by atoms with Gasteiger partial charge in [-0.2, -0.15) is 0 Å². The molecule has 0 atom stereocenters. The molecule has 0 saturated carbocycles. The molecule has 2 aromatic heterocycles. The Bertz CT molecular complexity index is 565. The largest absolute Gasteiger partial charge is 0.370 e. The number of rotatable bonds is 8. The number of hydrogen-bond acceptors (Lipinski definition) is 5. The highest BCUT2D eigenvalue weighted by Crippen LogP contribution is 2.24. The van der Waals surface area contributed by atoms with E-state index in [4.69, 9.17) is 0 Å². The highest BCUT2D eigenvalue weighted by molar-refractivity contribution is 7.10. The van der Waals surface area contributed by atoms with Crippen LogP contribution in [0.3, 0.4) is 0 Å². The molecular formula is C16H24N4S. The van der Waals surface area contributed by atoms with E-state index in [-0.39, 0.29) is 0 Å². The zero-order chi connectivity index (χ0) is 15.1. The molecule has 114 valence electrons. The summed E-state index contributed by atoms with van der Waals surface area (Å²) >= 11 is 1.81. The van der Waals surface area contributed by atoms with E-state index < -0.39 is 0 Å². The summed E-state index contributed by atoms with van der Waals surface area (Å²) in [5.74, 6) is 1.91. The number of aromatic nitrogens is 2. The summed E-state index contributed by atoms with van der Waals surface area (Å²) < 4.78 is 0. The molecule has 0 radical (unpaired) electrons. The van der Waals surface area contributed by atoms with E-state index in [1.165, 1.54) is 16.0 Å². The average Bonchev–Trinajstić information content (AvgIpc) is 2.95. The molecule has 0 unspecified atom stereocenters. The predicted molar refractivity (Wildman–Crippen MR) is 91.2 cm³/mol. The summed E-state index contributed by atoms with van der Waals surface area (Å²) in [6.07, 6.45) is 4.78. The molecule has 21 heavy (non-hydrogen) atoms. The Balaban J connectivity index is 2.16. The average molecular weight is 304 g/mol. The Morgan fingerprint density at radius 1 is 1.10 bits per heavy atom. The van der Waals surface area contributed by atoms with Gasteiger partial charge in [-0.05, 0) is 36.8 Å². The molecule has 0 aromatic carbocycles. The number of anilines is 2. The summed E-state index contributed by atoms with van der Waals surface area (Å²) in [5, 5.41) is 8.98. The van der Waals surface area contributed by atoms with Crippen LogP contribution in [0.25, 0.3) is 0 Å². The molecular weight excluding hydrogens is 280 g/mol. The number of aryl methyl sites for hydroxylation is 1. The molecule has 0 aliphatic rings. The quantitative estimate of drug-likeness (QED) is 0.771. The second-order valence-electron chi connectivity index (χ2n) is 4.91. The lowest BCUT2D eigenvalue weighted by atomic mass is 10.1. The smallest absolute Gasteiger partial charge is 0.135 e. The van der Waals surface area contributed by atoms with Crippen LogP contribution in [0.4, 0.5) is 11.6 Å². The summed E-state index contributed by atoms with van der Waals surface area (Å²) in [4.78, 5) is 10.2. The van der Waals surface area contributed by atoms with Gasteiger partial charge in [0.15, 0.2) is 0 Å². The minimum absolute atomic E-state index is 0.833. The molecule has 0 amide bonds. The monoisotopic (exact) mass is 304 g/mol. The Kier molecular flexibility index (Phi) is 5.99. The van der Waals surface area contributed by atoms with Crippen molar-refractivity contribution in [2.24, 2.45) is 0 Å². The maximum Gasteiger partial charge on any atom is 0.135 e. The first-order valence-corrected chi connectivity index (χ1v) is 8.54. The lowest BCUT2D eigenvalue weighted by molar-refractivity contribution is 0.895. The summed E-state index contributed by atoms with van der Waals surface area (Å²) in [6.45, 7) is 8.17. The fraction of sp³-hybridized carbons (Fsp3) is 0.500. The first kappa shape index (κ1) is 15.8. The van der Waals surface area contributed by atoms with Gasteiger partial charge in [-0.25, -0.2) is 9.97 Å². The standard InChI is InChI=1S/C16H24N4S/c1-4-7-13-15(17-6-3)19-11-20-16(13)18-10-14-12(5-2)8-9-21-14/h8-9,11H,4-7,10H2,1-3H3,(H2,17,18,19,20). The van der Waals surface area contributed by atoms with E-state index in [1.54, 1.807) is 17.7 Å². The van der Waals surface area contributed by atoms with Gasteiger partial charge in [0.1, 0.15) is 18.0 Å². The van der Waals surface area contributed by atoms with Gasteiger partial charge in [-0.1, -0.05) is 20.3 Å². The van der Waals surface area contributed by atoms with Crippen molar-refractivity contribution in [3.63, 3.8) is 0 Å². The molecule has 5 heteroatoms. The Morgan fingerprint density at radius 2 is 1.86 bits per heavy atom. The van der Waals surface area contributed by atoms with Crippen molar-refractivity contribution in [2.45, 2.75) is 46.6 Å². The Labute approximate surface area is 131 Å². The molecule has 0 aliphatic heterocycles. The van der Waals surface area contributed by atoms with Gasteiger partial charge in [0, 0.05) is 17.0 Å². The number of nitrogens with zero attached hydrogens (tertiary/aromatic N) is 2. The molecule has 4 nitrogen and oxygen atoms in total. The zero-order valence-electron chi connectivity index (χ0n) is 13.1. The highest BCUT2D eigenvalue weighted by Gasteiger charge is 2.11. The molecule has 0 spiro atoms. The minimum Gasteiger partial charge on any atom is -0.370 e. The van der Waals surface area contributed by atoms with Crippen LogP contribution >= 0.6 is 11.3 Å². The van der Waals surface area contributed by atoms with Crippen LogP contribution in [0.15, 0.2) is 17.8 Å². The zero-order valence-corrected chi connectivity index (χ0v) is 13.9. The van der Waals surface area contributed by atoms with Gasteiger partial charge in [0.05, 0.1) is 6.54 Å². The topological polar surface area (TPSA) is 49.8 Å². The lowest BCUT2D eigenvalue weighted by Gasteiger charge is -2.14. The minimum atomic E-state index is 0.833. The van der Waals surface area contributed by atoms with E-state index in [0.29, 0.717) is 0 Å². The molecule has 2 aromatic rings. The first-order valence-electron chi connectivity index (χ1n) is 7.66. The predicted octanol–water partition coefficient (Wildman–Crippen LogP) is 4.10. The van der Waals surface area contributed by atoms with Crippen molar-refractivity contribution in [2.75, 3.05) is 17.2 Å². The highest BCUT2D eigenvalue weighted by atomic mass is 32.1. The third-order valence-corrected chi connectivity index (χ3v) is 4.39. The number of nitrogens with one attached hydrogen (secondary N) is 2. The van der Waals surface area contributed by atoms with Crippen LogP contribution in [0.5, 0.6) is 0 Å². The Morgan fingerprint density at radius 3 is 2.52 bits per heavy atom. The third kappa shape index (κ3) is 3.94. The first-order chi connectivity index (χ1) is 10.3. The van der Waals surface area contributed by atoms with E-state index in [0.717, 1.165) is 44.0 Å². The van der Waals surface area contributed by atoms with Crippen LogP contribution < -0.4 is 10.6 Å². The van der Waals surface area contributed by atoms with E-state index in [2.05, 4.69) is 52.8 Å². The normalized spacial score (nSPS) is 10.6. The van der Waals surface area contributed by atoms with Gasteiger partial charge >= 0.3 is 0 Å². The van der Waals surface area contributed by atoms with Crippen molar-refractivity contribution in [1.82, 2.24) is 9.97 Å². The summed E-state index contributed by atoms with van der Waals surface area (Å²) in [5.41, 5.74) is 2.61. The molecule has 0 bridgehead atoms. The van der Waals surface area contributed by atoms with Crippen molar-refractivity contribution < 1.29 is 0 Å². The second kappa shape index (κ2) is 7.98. The van der Waals surface area contributed by atoms with Gasteiger partial charge in [-0.15, -0.1) is 11.3 Å². The van der Waals surface area contributed by atoms with E-state index >= 15 is 0 Å². The van der Waals surface area contributed by atoms with Gasteiger partial charge in [-0.3, -0.25) is 0 Å². The lowest BCUT2D eigenvalue weighted by Crippen LogP contribution is -2.10. The van der Waals surface area contributed by atoms with Crippen LogP contribution in [-0.2, 0) is 19.4 Å². The molecule has 0 aliphatic carbocycles. The third-order valence-electron chi connectivity index (χ3n) is 3.42. The molecule has 2 heterocycles. The van der Waals surface area contributed by atoms with E-state index in [9.17, 15) is 0 Å². The summed E-state index contributed by atoms with van der Waals surface area (Å²) in [7, 11) is 0. The molecule has 2 rings (SSSR count). The number of thiophene rings is 1. The van der Waals surface area contributed by atoms with Crippen molar-refractivity contribution >= 4 is 23.0 Å². The van der Waals surface area contributed by atoms with Crippen molar-refractivity contribution in [3.8, 4) is 0 Å².